The molecule has 115 valence electrons. The number of hydrogen-bond donors (Lipinski definition) is 0. The second-order valence-electron chi connectivity index (χ2n) is 7.75. The van der Waals surface area contributed by atoms with Crippen molar-refractivity contribution in [2.24, 2.45) is 16.2 Å². The maximum absolute atomic E-state index is 4.91. The Morgan fingerprint density at radius 1 is 0.556 bits per heavy atom. The van der Waals surface area contributed by atoms with Gasteiger partial charge in [0.05, 0.1) is 0 Å². The first kappa shape index (κ1) is 27.6. The van der Waals surface area contributed by atoms with Gasteiger partial charge in [-0.3, -0.25) is 0 Å². The van der Waals surface area contributed by atoms with Crippen molar-refractivity contribution < 1.29 is 17.6 Å². The van der Waals surface area contributed by atoms with E-state index in [0.29, 0.717) is 0 Å². The number of rotatable bonds is 0. The molecule has 0 unspecified atom stereocenters. The van der Waals surface area contributed by atoms with Gasteiger partial charge in [-0.2, -0.15) is 16.2 Å². The van der Waals surface area contributed by atoms with Crippen molar-refractivity contribution in [3.8, 4) is 0 Å². The molecule has 0 aromatic rings. The van der Waals surface area contributed by atoms with E-state index in [-0.39, 0.29) is 16.2 Å². The Labute approximate surface area is 135 Å². The normalized spacial score (nSPS) is 10.8. The van der Waals surface area contributed by atoms with Crippen LogP contribution in [-0.4, -0.2) is 0 Å². The monoisotopic (exact) mass is 376 g/mol. The van der Waals surface area contributed by atoms with E-state index in [1.165, 1.54) is 0 Å². The summed E-state index contributed by atoms with van der Waals surface area (Å²) in [7, 11) is 9.83. The van der Waals surface area contributed by atoms with Crippen LogP contribution in [0.25, 0.3) is 0 Å². The molecule has 3 heteroatoms. The summed E-state index contributed by atoms with van der Waals surface area (Å²) in [5.41, 5.74) is 0.750. The molecule has 0 radical (unpaired) electrons. The van der Waals surface area contributed by atoms with Gasteiger partial charge in [-0.25, -0.2) is 0 Å². The summed E-state index contributed by atoms with van der Waals surface area (Å²) >= 11 is -0.706. The molecule has 0 atom stereocenters. The van der Waals surface area contributed by atoms with Gasteiger partial charge in [0.25, 0.3) is 0 Å². The molecule has 0 heterocycles. The molecule has 0 amide bonds. The van der Waals surface area contributed by atoms with E-state index in [1.807, 2.05) is 0 Å². The van der Waals surface area contributed by atoms with Gasteiger partial charge in [0.2, 0.25) is 0 Å². The predicted octanol–water partition coefficient (Wildman–Crippen LogP) is 6.98. The minimum atomic E-state index is -0.706. The zero-order valence-corrected chi connectivity index (χ0v) is 17.5. The van der Waals surface area contributed by atoms with E-state index >= 15 is 0 Å². The summed E-state index contributed by atoms with van der Waals surface area (Å²) in [6, 6.07) is 0. The van der Waals surface area contributed by atoms with Gasteiger partial charge in [-0.1, -0.05) is 62.3 Å². The van der Waals surface area contributed by atoms with Gasteiger partial charge < -0.3 is 20.8 Å². The maximum atomic E-state index is 4.91. The molecule has 0 fully saturated rings. The first-order valence-corrected chi connectivity index (χ1v) is 11.6. The molecule has 0 N–H and O–H groups in total. The molecule has 0 saturated heterocycles. The molecule has 0 spiro atoms. The minimum absolute atomic E-state index is 0.250. The zero-order valence-electron chi connectivity index (χ0n) is 13.8. The number of hydrogen-bond acceptors (Lipinski definition) is 0. The van der Waals surface area contributed by atoms with Gasteiger partial charge in [0, 0.05) is 0 Å². The molecule has 0 bridgehead atoms. The van der Waals surface area contributed by atoms with Crippen LogP contribution in [0.3, 0.4) is 0 Å². The molecule has 0 aliphatic rings. The van der Waals surface area contributed by atoms with E-state index in [4.69, 9.17) is 18.4 Å². The van der Waals surface area contributed by atoms with Crippen molar-refractivity contribution in [1.29, 1.82) is 0 Å². The molecule has 0 saturated carbocycles. The molecule has 0 aliphatic heterocycles. The van der Waals surface area contributed by atoms with Crippen LogP contribution in [0, 0.1) is 37.0 Å². The summed E-state index contributed by atoms with van der Waals surface area (Å²) in [4.78, 5) is 0. The van der Waals surface area contributed by atoms with Gasteiger partial charge in [-0.15, -0.1) is 0 Å². The Balaban J connectivity index is -0.0000000739. The first-order valence-electron chi connectivity index (χ1n) is 5.90. The van der Waals surface area contributed by atoms with Gasteiger partial charge in [0.15, 0.2) is 0 Å². The van der Waals surface area contributed by atoms with Crippen LogP contribution < -0.4 is 0 Å². The van der Waals surface area contributed by atoms with E-state index in [9.17, 15) is 0 Å². The van der Waals surface area contributed by atoms with Crippen molar-refractivity contribution >= 4 is 18.4 Å². The molecular formula is C15H33Cl2Nb-3. The molecule has 0 aliphatic carbocycles. The molecule has 0 aromatic heterocycles. The standard InChI is InChI=1S/3C5H11.2ClH.Nb/c3*1-5(2,3)4;;;/h3*1H2,2-4H3;2*1H;/q3*-1;;;+2/p-2. The number of halogens is 2. The SMILES string of the molecule is [CH2-]C(C)(C)C.[CH2-]C(C)(C)C.[CH2-]C(C)(C)C.[Cl][Nb][Cl]. The van der Waals surface area contributed by atoms with Gasteiger partial charge in [0.1, 0.15) is 0 Å². The summed E-state index contributed by atoms with van der Waals surface area (Å²) in [6.07, 6.45) is 0. The molecular weight excluding hydrogens is 344 g/mol. The second-order valence-corrected chi connectivity index (χ2v) is 11.1. The third-order valence-corrected chi connectivity index (χ3v) is 0. The Morgan fingerprint density at radius 3 is 0.556 bits per heavy atom. The molecule has 0 rings (SSSR count). The Bertz CT molecular complexity index is 101. The fraction of sp³-hybridized carbons (Fsp3) is 0.800. The summed E-state index contributed by atoms with van der Waals surface area (Å²) in [5.74, 6) is 0. The third-order valence-electron chi connectivity index (χ3n) is 0. The molecule has 18 heavy (non-hydrogen) atoms. The van der Waals surface area contributed by atoms with Crippen molar-refractivity contribution in [2.75, 3.05) is 0 Å². The van der Waals surface area contributed by atoms with Crippen molar-refractivity contribution in [1.82, 2.24) is 0 Å². The van der Waals surface area contributed by atoms with E-state index in [0.717, 1.165) is 0 Å². The van der Waals surface area contributed by atoms with E-state index in [1.54, 1.807) is 0 Å². The molecule has 0 nitrogen and oxygen atoms in total. The predicted molar refractivity (Wildman–Crippen MR) is 86.1 cm³/mol. The second kappa shape index (κ2) is 13.3. The van der Waals surface area contributed by atoms with Crippen LogP contribution in [0.4, 0.5) is 0 Å². The quantitative estimate of drug-likeness (QED) is 0.316. The van der Waals surface area contributed by atoms with Crippen molar-refractivity contribution in [3.05, 3.63) is 20.8 Å². The third kappa shape index (κ3) is 2650. The molecule has 0 aromatic carbocycles. The van der Waals surface area contributed by atoms with Crippen LogP contribution >= 0.6 is 18.4 Å². The first-order chi connectivity index (χ1) is 7.41. The van der Waals surface area contributed by atoms with Crippen LogP contribution in [0.15, 0.2) is 0 Å². The van der Waals surface area contributed by atoms with Gasteiger partial charge in [-0.05, 0) is 0 Å². The van der Waals surface area contributed by atoms with E-state index < -0.39 is 17.6 Å². The Hall–Kier alpha value is 1.32. The Morgan fingerprint density at radius 2 is 0.556 bits per heavy atom. The van der Waals surface area contributed by atoms with Crippen LogP contribution in [0.2, 0.25) is 0 Å². The Kier molecular flexibility index (Phi) is 20.4. The fourth-order valence-corrected chi connectivity index (χ4v) is 0. The summed E-state index contributed by atoms with van der Waals surface area (Å²) in [6.45, 7) is 30.0. The van der Waals surface area contributed by atoms with Crippen molar-refractivity contribution in [2.45, 2.75) is 62.3 Å². The van der Waals surface area contributed by atoms with E-state index in [2.05, 4.69) is 83.1 Å². The van der Waals surface area contributed by atoms with Crippen LogP contribution in [0.5, 0.6) is 0 Å². The van der Waals surface area contributed by atoms with Crippen LogP contribution in [0.1, 0.15) is 62.3 Å². The average molecular weight is 377 g/mol. The average Bonchev–Trinajstić information content (AvgIpc) is 1.71. The van der Waals surface area contributed by atoms with Gasteiger partial charge >= 0.3 is 36.0 Å². The summed E-state index contributed by atoms with van der Waals surface area (Å²) < 4.78 is 0. The fourth-order valence-electron chi connectivity index (χ4n) is 0. The summed E-state index contributed by atoms with van der Waals surface area (Å²) in [5, 5.41) is 0. The topological polar surface area (TPSA) is 0 Å². The van der Waals surface area contributed by atoms with Crippen LogP contribution in [-0.2, 0) is 17.6 Å². The zero-order chi connectivity index (χ0) is 16.2. The van der Waals surface area contributed by atoms with Crippen molar-refractivity contribution in [3.63, 3.8) is 0 Å².